The first-order valence-corrected chi connectivity index (χ1v) is 5.74. The number of aryl methyl sites for hydroxylation is 1. The van der Waals surface area contributed by atoms with Gasteiger partial charge in [0.1, 0.15) is 0 Å². The molecule has 0 saturated heterocycles. The number of aliphatic hydroxyl groups excluding tert-OH is 1. The molecule has 0 aromatic heterocycles. The van der Waals surface area contributed by atoms with Crippen LogP contribution in [0.25, 0.3) is 0 Å². The smallest absolute Gasteiger partial charge is 0.156 e. The summed E-state index contributed by atoms with van der Waals surface area (Å²) >= 11 is 12.0. The summed E-state index contributed by atoms with van der Waals surface area (Å²) in [5.41, 5.74) is 6.28. The average Bonchev–Trinajstić information content (AvgIpc) is 2.25. The van der Waals surface area contributed by atoms with Crippen LogP contribution in [0.3, 0.4) is 0 Å². The van der Waals surface area contributed by atoms with Gasteiger partial charge in [-0.1, -0.05) is 23.2 Å². The van der Waals surface area contributed by atoms with Crippen molar-refractivity contribution in [3.05, 3.63) is 27.7 Å². The van der Waals surface area contributed by atoms with Gasteiger partial charge in [-0.15, -0.1) is 0 Å². The third-order valence-corrected chi connectivity index (χ3v) is 2.86. The fraction of sp³-hybridized carbons (Fsp3) is 0.455. The zero-order valence-corrected chi connectivity index (χ0v) is 10.6. The van der Waals surface area contributed by atoms with Gasteiger partial charge in [0.2, 0.25) is 0 Å². The molecule has 1 unspecified atom stereocenters. The molecule has 3 N–H and O–H groups in total. The lowest BCUT2D eigenvalue weighted by molar-refractivity contribution is 0.173. The highest BCUT2D eigenvalue weighted by Gasteiger charge is 2.09. The Morgan fingerprint density at radius 3 is 2.38 bits per heavy atom. The molecule has 0 bridgehead atoms. The van der Waals surface area contributed by atoms with E-state index in [9.17, 15) is 5.11 Å². The molecule has 1 aromatic rings. The highest BCUT2D eigenvalue weighted by Crippen LogP contribution is 2.34. The lowest BCUT2D eigenvalue weighted by Gasteiger charge is -2.10. The van der Waals surface area contributed by atoms with Gasteiger partial charge in [0, 0.05) is 6.54 Å². The Balaban J connectivity index is 2.76. The lowest BCUT2D eigenvalue weighted by atomic mass is 10.1. The minimum absolute atomic E-state index is 0.262. The van der Waals surface area contributed by atoms with E-state index in [4.69, 9.17) is 33.7 Å². The van der Waals surface area contributed by atoms with Crippen molar-refractivity contribution in [3.8, 4) is 5.75 Å². The van der Waals surface area contributed by atoms with Gasteiger partial charge < -0.3 is 15.6 Å². The summed E-state index contributed by atoms with van der Waals surface area (Å²) in [7, 11) is 1.52. The molecule has 0 saturated carbocycles. The maximum atomic E-state index is 9.34. The summed E-state index contributed by atoms with van der Waals surface area (Å²) in [4.78, 5) is 0. The van der Waals surface area contributed by atoms with E-state index in [0.29, 0.717) is 28.6 Å². The van der Waals surface area contributed by atoms with Gasteiger partial charge in [-0.05, 0) is 30.5 Å². The van der Waals surface area contributed by atoms with Crippen LogP contribution < -0.4 is 10.5 Å². The Hall–Kier alpha value is -0.480. The Morgan fingerprint density at radius 1 is 1.38 bits per heavy atom. The number of hydrogen-bond donors (Lipinski definition) is 2. The van der Waals surface area contributed by atoms with Crippen molar-refractivity contribution < 1.29 is 9.84 Å². The minimum Gasteiger partial charge on any atom is -0.494 e. The molecule has 0 amide bonds. The average molecular weight is 264 g/mol. The Bertz CT molecular complexity index is 335. The van der Waals surface area contributed by atoms with E-state index < -0.39 is 6.10 Å². The van der Waals surface area contributed by atoms with Gasteiger partial charge in [0.05, 0.1) is 23.3 Å². The molecular weight excluding hydrogens is 249 g/mol. The van der Waals surface area contributed by atoms with Crippen molar-refractivity contribution in [1.29, 1.82) is 0 Å². The van der Waals surface area contributed by atoms with Gasteiger partial charge in [-0.25, -0.2) is 0 Å². The molecule has 1 rings (SSSR count). The quantitative estimate of drug-likeness (QED) is 0.857. The number of ether oxygens (including phenoxy) is 1. The van der Waals surface area contributed by atoms with Gasteiger partial charge >= 0.3 is 0 Å². The zero-order valence-electron chi connectivity index (χ0n) is 9.04. The first kappa shape index (κ1) is 13.6. The standard InChI is InChI=1S/C11H15Cl2NO2/c1-16-11-9(12)4-7(5-10(11)13)2-3-8(15)6-14/h4-5,8,15H,2-3,6,14H2,1H3. The number of rotatable bonds is 5. The fourth-order valence-corrected chi connectivity index (χ4v) is 2.09. The van der Waals surface area contributed by atoms with Crippen LogP contribution in [0.5, 0.6) is 5.75 Å². The first-order valence-electron chi connectivity index (χ1n) is 4.98. The van der Waals surface area contributed by atoms with E-state index in [0.717, 1.165) is 5.56 Å². The lowest BCUT2D eigenvalue weighted by Crippen LogP contribution is -2.20. The van der Waals surface area contributed by atoms with Crippen molar-refractivity contribution in [2.24, 2.45) is 5.73 Å². The predicted octanol–water partition coefficient (Wildman–Crippen LogP) is 2.25. The topological polar surface area (TPSA) is 55.5 Å². The number of benzene rings is 1. The van der Waals surface area contributed by atoms with Crippen LogP contribution >= 0.6 is 23.2 Å². The number of halogens is 2. The number of aliphatic hydroxyl groups is 1. The third kappa shape index (κ3) is 3.52. The van der Waals surface area contributed by atoms with E-state index in [1.54, 1.807) is 12.1 Å². The van der Waals surface area contributed by atoms with Crippen LogP contribution in [-0.2, 0) is 6.42 Å². The van der Waals surface area contributed by atoms with E-state index in [-0.39, 0.29) is 6.54 Å². The van der Waals surface area contributed by atoms with E-state index in [1.807, 2.05) is 0 Å². The highest BCUT2D eigenvalue weighted by molar-refractivity contribution is 6.37. The summed E-state index contributed by atoms with van der Waals surface area (Å²) in [6.07, 6.45) is 0.789. The molecule has 0 spiro atoms. The molecule has 0 aliphatic carbocycles. The van der Waals surface area contributed by atoms with Crippen LogP contribution in [0.2, 0.25) is 10.0 Å². The molecular formula is C11H15Cl2NO2. The molecule has 1 aromatic carbocycles. The molecule has 90 valence electrons. The summed E-state index contributed by atoms with van der Waals surface area (Å²) < 4.78 is 5.04. The van der Waals surface area contributed by atoms with Gasteiger partial charge in [0.15, 0.2) is 5.75 Å². The second-order valence-electron chi connectivity index (χ2n) is 3.52. The van der Waals surface area contributed by atoms with E-state index in [1.165, 1.54) is 7.11 Å². The van der Waals surface area contributed by atoms with Crippen molar-refractivity contribution in [3.63, 3.8) is 0 Å². The van der Waals surface area contributed by atoms with Crippen LogP contribution in [0, 0.1) is 0 Å². The van der Waals surface area contributed by atoms with Gasteiger partial charge in [-0.3, -0.25) is 0 Å². The van der Waals surface area contributed by atoms with Crippen molar-refractivity contribution in [2.45, 2.75) is 18.9 Å². The molecule has 0 radical (unpaired) electrons. The van der Waals surface area contributed by atoms with Gasteiger partial charge in [0.25, 0.3) is 0 Å². The molecule has 0 aliphatic heterocycles. The van der Waals surface area contributed by atoms with Crippen LogP contribution in [-0.4, -0.2) is 24.9 Å². The second-order valence-corrected chi connectivity index (χ2v) is 4.34. The van der Waals surface area contributed by atoms with Crippen molar-refractivity contribution >= 4 is 23.2 Å². The van der Waals surface area contributed by atoms with Gasteiger partial charge in [-0.2, -0.15) is 0 Å². The van der Waals surface area contributed by atoms with E-state index >= 15 is 0 Å². The van der Waals surface area contributed by atoms with Crippen LogP contribution in [0.1, 0.15) is 12.0 Å². The predicted molar refractivity (Wildman–Crippen MR) is 66.4 cm³/mol. The summed E-state index contributed by atoms with van der Waals surface area (Å²) in [5.74, 6) is 0.478. The molecule has 5 heteroatoms. The fourth-order valence-electron chi connectivity index (χ4n) is 1.40. The zero-order chi connectivity index (χ0) is 12.1. The number of nitrogens with two attached hydrogens (primary N) is 1. The monoisotopic (exact) mass is 263 g/mol. The van der Waals surface area contributed by atoms with Crippen molar-refractivity contribution in [2.75, 3.05) is 13.7 Å². The Kier molecular flexibility index (Phi) is 5.35. The number of hydrogen-bond acceptors (Lipinski definition) is 3. The van der Waals surface area contributed by atoms with Crippen LogP contribution in [0.4, 0.5) is 0 Å². The maximum Gasteiger partial charge on any atom is 0.156 e. The maximum absolute atomic E-state index is 9.34. The first-order chi connectivity index (χ1) is 7.58. The Labute approximate surface area is 105 Å². The molecule has 1 atom stereocenters. The van der Waals surface area contributed by atoms with E-state index in [2.05, 4.69) is 0 Å². The number of methoxy groups -OCH3 is 1. The molecule has 0 aliphatic rings. The van der Waals surface area contributed by atoms with Crippen molar-refractivity contribution in [1.82, 2.24) is 0 Å². The molecule has 3 nitrogen and oxygen atoms in total. The normalized spacial score (nSPS) is 12.6. The minimum atomic E-state index is -0.486. The molecule has 0 fully saturated rings. The summed E-state index contributed by atoms with van der Waals surface area (Å²) in [6.45, 7) is 0.262. The highest BCUT2D eigenvalue weighted by atomic mass is 35.5. The summed E-state index contributed by atoms with van der Waals surface area (Å²) in [6, 6.07) is 3.57. The molecule has 16 heavy (non-hydrogen) atoms. The van der Waals surface area contributed by atoms with Crippen LogP contribution in [0.15, 0.2) is 12.1 Å². The second kappa shape index (κ2) is 6.30. The Morgan fingerprint density at radius 2 is 1.94 bits per heavy atom. The molecule has 0 heterocycles. The summed E-state index contributed by atoms with van der Waals surface area (Å²) in [5, 5.41) is 10.3. The largest absolute Gasteiger partial charge is 0.494 e. The SMILES string of the molecule is COc1c(Cl)cc(CCC(O)CN)cc1Cl. The third-order valence-electron chi connectivity index (χ3n) is 2.30.